The lowest BCUT2D eigenvalue weighted by Crippen LogP contribution is -2.45. The zero-order valence-electron chi connectivity index (χ0n) is 22.2. The molecule has 0 aliphatic carbocycles. The molecule has 0 atom stereocenters. The second-order valence-corrected chi connectivity index (χ2v) is 8.92. The van der Waals surface area contributed by atoms with E-state index in [9.17, 15) is 13.2 Å². The molecule has 11 heteroatoms. The van der Waals surface area contributed by atoms with Crippen LogP contribution >= 0.6 is 0 Å². The van der Waals surface area contributed by atoms with Crippen molar-refractivity contribution in [3.8, 4) is 11.8 Å². The van der Waals surface area contributed by atoms with E-state index >= 15 is 0 Å². The van der Waals surface area contributed by atoms with E-state index in [0.29, 0.717) is 17.9 Å². The summed E-state index contributed by atoms with van der Waals surface area (Å²) >= 11 is 0. The monoisotopic (exact) mass is 551 g/mol. The number of carbonyl (C=O) groups excluding carboxylic acids is 1. The van der Waals surface area contributed by atoms with Crippen molar-refractivity contribution in [3.63, 3.8) is 0 Å². The van der Waals surface area contributed by atoms with Crippen LogP contribution in [-0.2, 0) is 17.5 Å². The lowest BCUT2D eigenvalue weighted by atomic mass is 10.1. The maximum atomic E-state index is 13.0. The Morgan fingerprint density at radius 1 is 0.950 bits per heavy atom. The Hall–Kier alpha value is -4.40. The SMILES string of the molecule is C=O.CCN1CCN(Cc2ccc(N)cc2C(F)(F)F)CC1.Nc1cc(C#Cc2cnc3ccccn23)ccn1. The highest BCUT2D eigenvalue weighted by Crippen LogP contribution is 2.34. The number of benzene rings is 1. The van der Waals surface area contributed by atoms with Gasteiger partial charge in [0.25, 0.3) is 0 Å². The molecule has 1 aliphatic rings. The van der Waals surface area contributed by atoms with Gasteiger partial charge in [-0.05, 0) is 54.4 Å². The van der Waals surface area contributed by atoms with Crippen LogP contribution in [0.5, 0.6) is 0 Å². The average molecular weight is 552 g/mol. The van der Waals surface area contributed by atoms with E-state index in [0.717, 1.165) is 55.7 Å². The van der Waals surface area contributed by atoms with Gasteiger partial charge in [0.05, 0.1) is 11.8 Å². The molecule has 1 aliphatic heterocycles. The van der Waals surface area contributed by atoms with Crippen molar-refractivity contribution < 1.29 is 18.0 Å². The van der Waals surface area contributed by atoms with Crippen molar-refractivity contribution in [2.45, 2.75) is 19.6 Å². The maximum absolute atomic E-state index is 13.0. The number of aromatic nitrogens is 3. The van der Waals surface area contributed by atoms with Crippen molar-refractivity contribution in [1.82, 2.24) is 24.2 Å². The first-order chi connectivity index (χ1) is 19.2. The number of rotatable bonds is 3. The van der Waals surface area contributed by atoms with Gasteiger partial charge in [-0.3, -0.25) is 9.30 Å². The molecule has 0 saturated carbocycles. The van der Waals surface area contributed by atoms with Gasteiger partial charge < -0.3 is 21.2 Å². The number of imidazole rings is 1. The van der Waals surface area contributed by atoms with Gasteiger partial charge in [0.2, 0.25) is 0 Å². The molecule has 0 amide bonds. The topological polar surface area (TPSA) is 106 Å². The highest BCUT2D eigenvalue weighted by atomic mass is 19.4. The van der Waals surface area contributed by atoms with Crippen molar-refractivity contribution in [1.29, 1.82) is 0 Å². The first-order valence-corrected chi connectivity index (χ1v) is 12.6. The molecule has 1 saturated heterocycles. The van der Waals surface area contributed by atoms with Crippen LogP contribution in [0.15, 0.2) is 67.1 Å². The first-order valence-electron chi connectivity index (χ1n) is 12.6. The Kier molecular flexibility index (Phi) is 10.6. The van der Waals surface area contributed by atoms with Crippen LogP contribution in [0.2, 0.25) is 0 Å². The van der Waals surface area contributed by atoms with E-state index in [-0.39, 0.29) is 5.69 Å². The Morgan fingerprint density at radius 2 is 1.68 bits per heavy atom. The fraction of sp³-hybridized carbons (Fsp3) is 0.276. The number of fused-ring (bicyclic) bond motifs is 1. The minimum atomic E-state index is -4.35. The van der Waals surface area contributed by atoms with Crippen LogP contribution in [0.25, 0.3) is 5.65 Å². The maximum Gasteiger partial charge on any atom is 0.416 e. The standard InChI is InChI=1S/C14H20F3N3.C14H10N4.CH2O/c1-2-19-5-7-20(8-6-19)10-11-3-4-12(18)9-13(11)14(15,16)17;15-13-9-11(6-7-16-13)4-5-12-10-17-14-3-1-2-8-18(12)14;1-2/h3-4,9H,2,5-8,10,18H2,1H3;1-3,6-10H,(H2,15,16);1H2. The predicted octanol–water partition coefficient (Wildman–Crippen LogP) is 3.95. The molecular formula is C29H32F3N7O. The summed E-state index contributed by atoms with van der Waals surface area (Å²) in [5.74, 6) is 6.60. The summed E-state index contributed by atoms with van der Waals surface area (Å²) < 4.78 is 41.0. The highest BCUT2D eigenvalue weighted by molar-refractivity contribution is 5.49. The van der Waals surface area contributed by atoms with Gasteiger partial charge in [0.15, 0.2) is 0 Å². The van der Waals surface area contributed by atoms with E-state index in [1.54, 1.807) is 18.5 Å². The van der Waals surface area contributed by atoms with Crippen LogP contribution in [0.3, 0.4) is 0 Å². The molecule has 0 radical (unpaired) electrons. The predicted molar refractivity (Wildman–Crippen MR) is 150 cm³/mol. The minimum absolute atomic E-state index is 0.150. The van der Waals surface area contributed by atoms with Gasteiger partial charge >= 0.3 is 6.18 Å². The Balaban J connectivity index is 0.000000208. The van der Waals surface area contributed by atoms with Crippen molar-refractivity contribution in [2.75, 3.05) is 44.2 Å². The smallest absolute Gasteiger partial charge is 0.399 e. The lowest BCUT2D eigenvalue weighted by molar-refractivity contribution is -0.138. The molecule has 5 rings (SSSR count). The summed E-state index contributed by atoms with van der Waals surface area (Å²) in [6.07, 6.45) is 0.990. The van der Waals surface area contributed by atoms with Gasteiger partial charge in [0.1, 0.15) is 23.9 Å². The van der Waals surface area contributed by atoms with E-state index in [1.807, 2.05) is 41.7 Å². The molecule has 8 nitrogen and oxygen atoms in total. The van der Waals surface area contributed by atoms with Gasteiger partial charge in [-0.2, -0.15) is 13.2 Å². The van der Waals surface area contributed by atoms with E-state index in [4.69, 9.17) is 16.3 Å². The minimum Gasteiger partial charge on any atom is -0.399 e. The summed E-state index contributed by atoms with van der Waals surface area (Å²) in [6.45, 7) is 8.83. The molecule has 40 heavy (non-hydrogen) atoms. The Morgan fingerprint density at radius 3 is 2.35 bits per heavy atom. The number of carbonyl (C=O) groups is 1. The molecule has 3 aromatic heterocycles. The summed E-state index contributed by atoms with van der Waals surface area (Å²) in [7, 11) is 0. The number of halogens is 3. The van der Waals surface area contributed by atoms with E-state index < -0.39 is 11.7 Å². The number of nitrogens with zero attached hydrogens (tertiary/aromatic N) is 5. The third kappa shape index (κ3) is 8.30. The molecule has 1 fully saturated rings. The third-order valence-electron chi connectivity index (χ3n) is 6.28. The summed E-state index contributed by atoms with van der Waals surface area (Å²) in [5.41, 5.74) is 13.5. The molecule has 4 N–H and O–H groups in total. The third-order valence-corrected chi connectivity index (χ3v) is 6.28. The van der Waals surface area contributed by atoms with Crippen LogP contribution in [-0.4, -0.2) is 63.7 Å². The van der Waals surface area contributed by atoms with Crippen LogP contribution in [0, 0.1) is 11.8 Å². The normalized spacial score (nSPS) is 13.8. The molecule has 0 bridgehead atoms. The number of nitrogens with two attached hydrogens (primary N) is 2. The second-order valence-electron chi connectivity index (χ2n) is 8.92. The molecule has 4 aromatic rings. The Labute approximate surface area is 231 Å². The zero-order chi connectivity index (χ0) is 29.1. The fourth-order valence-corrected chi connectivity index (χ4v) is 4.19. The van der Waals surface area contributed by atoms with Crippen molar-refractivity contribution >= 4 is 23.9 Å². The van der Waals surface area contributed by atoms with Gasteiger partial charge in [-0.25, -0.2) is 9.97 Å². The average Bonchev–Trinajstić information content (AvgIpc) is 3.37. The summed E-state index contributed by atoms with van der Waals surface area (Å²) in [4.78, 5) is 20.6. The number of nitrogen functional groups attached to an aromatic ring is 2. The fourth-order valence-electron chi connectivity index (χ4n) is 4.19. The molecular weight excluding hydrogens is 519 g/mol. The highest BCUT2D eigenvalue weighted by Gasteiger charge is 2.34. The number of hydrogen-bond donors (Lipinski definition) is 2. The molecule has 210 valence electrons. The van der Waals surface area contributed by atoms with Crippen LogP contribution < -0.4 is 11.5 Å². The quantitative estimate of drug-likeness (QED) is 0.293. The van der Waals surface area contributed by atoms with Crippen molar-refractivity contribution in [3.05, 3.63) is 89.5 Å². The number of alkyl halides is 3. The molecule has 0 unspecified atom stereocenters. The summed E-state index contributed by atoms with van der Waals surface area (Å²) in [6, 6.07) is 13.5. The van der Waals surface area contributed by atoms with Gasteiger partial charge in [-0.15, -0.1) is 0 Å². The van der Waals surface area contributed by atoms with Crippen molar-refractivity contribution in [2.24, 2.45) is 0 Å². The first kappa shape index (κ1) is 30.1. The largest absolute Gasteiger partial charge is 0.416 e. The van der Waals surface area contributed by atoms with E-state index in [2.05, 4.69) is 38.5 Å². The Bertz CT molecular complexity index is 1450. The number of likely N-dealkylation sites (N-methyl/N-ethyl adjacent to an activating group) is 1. The summed E-state index contributed by atoms with van der Waals surface area (Å²) in [5, 5.41) is 0. The molecule has 1 aromatic carbocycles. The second kappa shape index (κ2) is 14.1. The van der Waals surface area contributed by atoms with Crippen LogP contribution in [0.1, 0.15) is 29.3 Å². The van der Waals surface area contributed by atoms with Crippen LogP contribution in [0.4, 0.5) is 24.7 Å². The molecule has 4 heterocycles. The molecule has 0 spiro atoms. The zero-order valence-corrected chi connectivity index (χ0v) is 22.2. The number of hydrogen-bond acceptors (Lipinski definition) is 7. The van der Waals surface area contributed by atoms with Gasteiger partial charge in [-0.1, -0.05) is 25.0 Å². The number of piperazine rings is 1. The lowest BCUT2D eigenvalue weighted by Gasteiger charge is -2.34. The van der Waals surface area contributed by atoms with E-state index in [1.165, 1.54) is 12.1 Å². The number of pyridine rings is 2. The van der Waals surface area contributed by atoms with Gasteiger partial charge in [0, 0.05) is 56.4 Å². The number of anilines is 2.